The number of hydrogen-bond acceptors (Lipinski definition) is 3. The van der Waals surface area contributed by atoms with Gasteiger partial charge < -0.3 is 15.5 Å². The third-order valence-electron chi connectivity index (χ3n) is 5.40. The molecule has 2 aliphatic heterocycles. The molecule has 0 unspecified atom stereocenters. The van der Waals surface area contributed by atoms with Gasteiger partial charge in [0.1, 0.15) is 0 Å². The van der Waals surface area contributed by atoms with Crippen LogP contribution in [0.1, 0.15) is 51.4 Å². The summed E-state index contributed by atoms with van der Waals surface area (Å²) in [5.74, 6) is 2.03. The van der Waals surface area contributed by atoms with E-state index in [2.05, 4.69) is 15.5 Å². The van der Waals surface area contributed by atoms with Crippen molar-refractivity contribution in [2.75, 3.05) is 32.7 Å². The van der Waals surface area contributed by atoms with E-state index < -0.39 is 0 Å². The van der Waals surface area contributed by atoms with Crippen molar-refractivity contribution >= 4 is 30.7 Å². The molecule has 1 aliphatic carbocycles. The van der Waals surface area contributed by atoms with Crippen molar-refractivity contribution in [3.8, 4) is 0 Å². The molecule has 23 heavy (non-hydrogen) atoms. The van der Waals surface area contributed by atoms with Crippen molar-refractivity contribution in [1.29, 1.82) is 0 Å². The zero-order valence-electron chi connectivity index (χ0n) is 14.1. The van der Waals surface area contributed by atoms with E-state index in [1.807, 2.05) is 0 Å². The Morgan fingerprint density at radius 2 is 1.61 bits per heavy atom. The molecule has 0 aromatic rings. The minimum Gasteiger partial charge on any atom is -0.353 e. The second-order valence-corrected chi connectivity index (χ2v) is 7.32. The number of nitrogens with one attached hydrogen (secondary N) is 2. The van der Waals surface area contributed by atoms with Crippen LogP contribution in [0.4, 0.5) is 0 Å². The number of carbonyl (C=O) groups excluding carboxylic acids is 1. The quantitative estimate of drug-likeness (QED) is 0.760. The first-order valence-corrected chi connectivity index (χ1v) is 9.02. The maximum absolute atomic E-state index is 12.1. The number of halogens is 2. The SMILES string of the molecule is Cl.Cl.O=C(CCC1CCNCC1)NC1CCN(CC2CC2)CC1. The number of carbonyl (C=O) groups is 1. The second-order valence-electron chi connectivity index (χ2n) is 7.32. The first-order chi connectivity index (χ1) is 10.3. The van der Waals surface area contributed by atoms with E-state index in [1.165, 1.54) is 45.3 Å². The average Bonchev–Trinajstić information content (AvgIpc) is 3.32. The third kappa shape index (κ3) is 7.59. The summed E-state index contributed by atoms with van der Waals surface area (Å²) in [6.07, 6.45) is 9.46. The van der Waals surface area contributed by atoms with Gasteiger partial charge in [0.2, 0.25) is 5.91 Å². The molecule has 6 heteroatoms. The Balaban J connectivity index is 0.00000132. The first-order valence-electron chi connectivity index (χ1n) is 9.02. The molecule has 2 saturated heterocycles. The summed E-state index contributed by atoms with van der Waals surface area (Å²) in [7, 11) is 0. The predicted octanol–water partition coefficient (Wildman–Crippen LogP) is 2.60. The normalized spacial score (nSPS) is 23.7. The molecule has 3 fully saturated rings. The topological polar surface area (TPSA) is 44.4 Å². The van der Waals surface area contributed by atoms with Crippen LogP contribution in [-0.4, -0.2) is 49.6 Å². The van der Waals surface area contributed by atoms with Crippen LogP contribution in [0.25, 0.3) is 0 Å². The molecule has 3 rings (SSSR count). The van der Waals surface area contributed by atoms with Gasteiger partial charge in [-0.05, 0) is 69.9 Å². The Bertz CT molecular complexity index is 339. The van der Waals surface area contributed by atoms with Crippen LogP contribution < -0.4 is 10.6 Å². The van der Waals surface area contributed by atoms with Crippen LogP contribution in [0.5, 0.6) is 0 Å². The lowest BCUT2D eigenvalue weighted by molar-refractivity contribution is -0.122. The number of nitrogens with zero attached hydrogens (tertiary/aromatic N) is 1. The molecular weight excluding hydrogens is 333 g/mol. The Labute approximate surface area is 153 Å². The van der Waals surface area contributed by atoms with Crippen molar-refractivity contribution < 1.29 is 4.79 Å². The molecule has 0 radical (unpaired) electrons. The van der Waals surface area contributed by atoms with Gasteiger partial charge in [0, 0.05) is 32.1 Å². The summed E-state index contributed by atoms with van der Waals surface area (Å²) in [4.78, 5) is 14.7. The molecule has 1 saturated carbocycles. The number of likely N-dealkylation sites (tertiary alicyclic amines) is 1. The Kier molecular flexibility index (Phi) is 9.83. The van der Waals surface area contributed by atoms with E-state index in [0.29, 0.717) is 6.04 Å². The van der Waals surface area contributed by atoms with E-state index in [4.69, 9.17) is 0 Å². The maximum Gasteiger partial charge on any atom is 0.220 e. The average molecular weight is 366 g/mol. The summed E-state index contributed by atoms with van der Waals surface area (Å²) in [5, 5.41) is 6.65. The van der Waals surface area contributed by atoms with Crippen molar-refractivity contribution in [2.24, 2.45) is 11.8 Å². The highest BCUT2D eigenvalue weighted by molar-refractivity contribution is 5.85. The van der Waals surface area contributed by atoms with Crippen molar-refractivity contribution in [3.05, 3.63) is 0 Å². The van der Waals surface area contributed by atoms with Gasteiger partial charge >= 0.3 is 0 Å². The molecule has 2 heterocycles. The minimum absolute atomic E-state index is 0. The molecule has 0 aromatic carbocycles. The standard InChI is InChI=1S/C17H31N3O.2ClH/c21-17(4-3-14-5-9-18-10-6-14)19-16-7-11-20(12-8-16)13-15-1-2-15;;/h14-16,18H,1-13H2,(H,19,21);2*1H. The number of rotatable bonds is 6. The molecule has 1 amide bonds. The van der Waals surface area contributed by atoms with Crippen LogP contribution in [0, 0.1) is 11.8 Å². The summed E-state index contributed by atoms with van der Waals surface area (Å²) in [5.41, 5.74) is 0. The molecule has 2 N–H and O–H groups in total. The van der Waals surface area contributed by atoms with E-state index in [1.54, 1.807) is 0 Å². The lowest BCUT2D eigenvalue weighted by atomic mass is 9.93. The maximum atomic E-state index is 12.1. The van der Waals surface area contributed by atoms with Crippen molar-refractivity contribution in [3.63, 3.8) is 0 Å². The van der Waals surface area contributed by atoms with E-state index in [0.717, 1.165) is 50.6 Å². The monoisotopic (exact) mass is 365 g/mol. The van der Waals surface area contributed by atoms with Crippen LogP contribution in [0.15, 0.2) is 0 Å². The van der Waals surface area contributed by atoms with Crippen LogP contribution in [0.2, 0.25) is 0 Å². The lowest BCUT2D eigenvalue weighted by Gasteiger charge is -2.32. The van der Waals surface area contributed by atoms with Gasteiger partial charge in [0.25, 0.3) is 0 Å². The minimum atomic E-state index is 0. The van der Waals surface area contributed by atoms with Gasteiger partial charge in [-0.2, -0.15) is 0 Å². The summed E-state index contributed by atoms with van der Waals surface area (Å²) in [6.45, 7) is 5.92. The molecule has 0 spiro atoms. The predicted molar refractivity (Wildman–Crippen MR) is 99.7 cm³/mol. The molecule has 3 aliphatic rings. The van der Waals surface area contributed by atoms with E-state index in [-0.39, 0.29) is 30.7 Å². The van der Waals surface area contributed by atoms with E-state index in [9.17, 15) is 4.79 Å². The summed E-state index contributed by atoms with van der Waals surface area (Å²) >= 11 is 0. The number of amides is 1. The summed E-state index contributed by atoms with van der Waals surface area (Å²) < 4.78 is 0. The van der Waals surface area contributed by atoms with Gasteiger partial charge in [-0.3, -0.25) is 4.79 Å². The molecule has 0 bridgehead atoms. The Hall–Kier alpha value is -0.0300. The van der Waals surface area contributed by atoms with Gasteiger partial charge in [-0.25, -0.2) is 0 Å². The smallest absolute Gasteiger partial charge is 0.220 e. The van der Waals surface area contributed by atoms with Gasteiger partial charge in [-0.15, -0.1) is 24.8 Å². The molecule has 4 nitrogen and oxygen atoms in total. The van der Waals surface area contributed by atoms with Gasteiger partial charge in [0.15, 0.2) is 0 Å². The van der Waals surface area contributed by atoms with E-state index >= 15 is 0 Å². The molecule has 0 aromatic heterocycles. The fourth-order valence-corrected chi connectivity index (χ4v) is 3.73. The van der Waals surface area contributed by atoms with Crippen LogP contribution in [-0.2, 0) is 4.79 Å². The Morgan fingerprint density at radius 1 is 0.957 bits per heavy atom. The molecule has 0 atom stereocenters. The highest BCUT2D eigenvalue weighted by Crippen LogP contribution is 2.30. The first kappa shape index (κ1) is 21.0. The van der Waals surface area contributed by atoms with Crippen LogP contribution in [0.3, 0.4) is 0 Å². The van der Waals surface area contributed by atoms with Crippen LogP contribution >= 0.6 is 24.8 Å². The number of piperidine rings is 2. The number of hydrogen-bond donors (Lipinski definition) is 2. The second kappa shape index (κ2) is 10.8. The lowest BCUT2D eigenvalue weighted by Crippen LogP contribution is -2.45. The molecular formula is C17H33Cl2N3O. The third-order valence-corrected chi connectivity index (χ3v) is 5.40. The zero-order valence-corrected chi connectivity index (χ0v) is 15.7. The summed E-state index contributed by atoms with van der Waals surface area (Å²) in [6, 6.07) is 0.431. The fraction of sp³-hybridized carbons (Fsp3) is 0.941. The zero-order chi connectivity index (χ0) is 14.5. The Morgan fingerprint density at radius 3 is 2.22 bits per heavy atom. The van der Waals surface area contributed by atoms with Crippen molar-refractivity contribution in [2.45, 2.75) is 57.4 Å². The highest BCUT2D eigenvalue weighted by Gasteiger charge is 2.27. The van der Waals surface area contributed by atoms with Gasteiger partial charge in [0.05, 0.1) is 0 Å². The largest absolute Gasteiger partial charge is 0.353 e. The van der Waals surface area contributed by atoms with Gasteiger partial charge in [-0.1, -0.05) is 0 Å². The molecule has 136 valence electrons. The highest BCUT2D eigenvalue weighted by atomic mass is 35.5. The van der Waals surface area contributed by atoms with Crippen molar-refractivity contribution in [1.82, 2.24) is 15.5 Å². The fourth-order valence-electron chi connectivity index (χ4n) is 3.73.